The number of thioether (sulfide) groups is 1. The number of aromatic nitrogens is 4. The van der Waals surface area contributed by atoms with Crippen LogP contribution < -0.4 is 0 Å². The zero-order valence-corrected chi connectivity index (χ0v) is 19.6. The van der Waals surface area contributed by atoms with Crippen molar-refractivity contribution in [3.8, 4) is 0 Å². The second-order valence-corrected chi connectivity index (χ2v) is 9.21. The van der Waals surface area contributed by atoms with Gasteiger partial charge in [-0.2, -0.15) is 0 Å². The number of hydrogen-bond donors (Lipinski definition) is 0. The van der Waals surface area contributed by atoms with Gasteiger partial charge >= 0.3 is 5.97 Å². The van der Waals surface area contributed by atoms with Crippen molar-refractivity contribution < 1.29 is 9.53 Å². The van der Waals surface area contributed by atoms with E-state index in [1.165, 1.54) is 5.56 Å². The van der Waals surface area contributed by atoms with Crippen LogP contribution in [-0.4, -0.2) is 32.3 Å². The molecule has 1 saturated carbocycles. The van der Waals surface area contributed by atoms with E-state index in [-0.39, 0.29) is 5.97 Å². The van der Waals surface area contributed by atoms with Gasteiger partial charge in [0.05, 0.1) is 29.9 Å². The number of hydrogen-bond acceptors (Lipinski definition) is 6. The lowest BCUT2D eigenvalue weighted by Crippen LogP contribution is -2.12. The molecule has 4 aromatic rings. The van der Waals surface area contributed by atoms with Gasteiger partial charge in [0.1, 0.15) is 5.82 Å². The maximum Gasteiger partial charge on any atom is 0.340 e. The fourth-order valence-electron chi connectivity index (χ4n) is 4.12. The highest BCUT2D eigenvalue weighted by atomic mass is 32.2. The van der Waals surface area contributed by atoms with Crippen LogP contribution in [0.2, 0.25) is 0 Å². The fraction of sp³-hybridized carbons (Fsp3) is 0.308. The second kappa shape index (κ2) is 9.35. The molecule has 0 amide bonds. The van der Waals surface area contributed by atoms with Crippen molar-refractivity contribution in [2.24, 2.45) is 0 Å². The number of pyridine rings is 1. The largest absolute Gasteiger partial charge is 0.462 e. The first kappa shape index (κ1) is 21.6. The van der Waals surface area contributed by atoms with Crippen molar-refractivity contribution >= 4 is 28.6 Å². The third kappa shape index (κ3) is 4.50. The van der Waals surface area contributed by atoms with E-state index in [9.17, 15) is 4.79 Å². The number of carbonyl (C=O) groups is 1. The fourth-order valence-corrected chi connectivity index (χ4v) is 5.00. The van der Waals surface area contributed by atoms with Gasteiger partial charge < -0.3 is 9.30 Å². The summed E-state index contributed by atoms with van der Waals surface area (Å²) in [7, 11) is 0. The summed E-state index contributed by atoms with van der Waals surface area (Å²) >= 11 is 1.57. The van der Waals surface area contributed by atoms with E-state index in [0.29, 0.717) is 23.8 Å². The van der Waals surface area contributed by atoms with Crippen LogP contribution in [0.25, 0.3) is 10.9 Å². The zero-order chi connectivity index (χ0) is 22.8. The number of ether oxygens (including phenoxy) is 1. The van der Waals surface area contributed by atoms with Crippen molar-refractivity contribution in [2.45, 2.75) is 50.1 Å². The molecule has 6 nitrogen and oxygen atoms in total. The van der Waals surface area contributed by atoms with Gasteiger partial charge in [0, 0.05) is 17.1 Å². The topological polar surface area (TPSA) is 69.9 Å². The summed E-state index contributed by atoms with van der Waals surface area (Å²) in [5, 5.41) is 10.9. The van der Waals surface area contributed by atoms with Crippen molar-refractivity contribution in [1.29, 1.82) is 0 Å². The van der Waals surface area contributed by atoms with Crippen molar-refractivity contribution in [2.75, 3.05) is 6.61 Å². The number of aryl methyl sites for hydroxylation is 1. The molecule has 2 aromatic carbocycles. The van der Waals surface area contributed by atoms with Crippen molar-refractivity contribution in [1.82, 2.24) is 19.7 Å². The van der Waals surface area contributed by atoms with Crippen LogP contribution in [0.3, 0.4) is 0 Å². The minimum atomic E-state index is -0.326. The van der Waals surface area contributed by atoms with E-state index in [1.807, 2.05) is 44.2 Å². The number of esters is 1. The molecule has 0 saturated heterocycles. The number of nitrogens with zero attached hydrogens (tertiary/aromatic N) is 4. The van der Waals surface area contributed by atoms with E-state index >= 15 is 0 Å². The Balaban J connectivity index is 1.49. The Bertz CT molecular complexity index is 1300. The molecule has 0 N–H and O–H groups in total. The molecule has 1 aliphatic rings. The predicted octanol–water partition coefficient (Wildman–Crippen LogP) is 5.53. The summed E-state index contributed by atoms with van der Waals surface area (Å²) in [4.78, 5) is 17.7. The van der Waals surface area contributed by atoms with Crippen LogP contribution in [0.15, 0.2) is 59.8 Å². The molecule has 2 aromatic heterocycles. The minimum absolute atomic E-state index is 0.326. The normalized spacial score (nSPS) is 13.4. The highest BCUT2D eigenvalue weighted by Crippen LogP contribution is 2.40. The van der Waals surface area contributed by atoms with Crippen LogP contribution in [0.4, 0.5) is 0 Å². The van der Waals surface area contributed by atoms with Crippen LogP contribution in [-0.2, 0) is 17.0 Å². The van der Waals surface area contributed by atoms with E-state index in [1.54, 1.807) is 11.8 Å². The average molecular weight is 459 g/mol. The van der Waals surface area contributed by atoms with E-state index in [2.05, 4.69) is 39.0 Å². The molecular formula is C26H26N4O2S. The predicted molar refractivity (Wildman–Crippen MR) is 130 cm³/mol. The first-order chi connectivity index (χ1) is 16.2. The summed E-state index contributed by atoms with van der Waals surface area (Å²) in [5.74, 6) is 1.73. The molecule has 0 spiro atoms. The highest BCUT2D eigenvalue weighted by molar-refractivity contribution is 7.98. The SMILES string of the molecule is CCOC(=O)c1c(CSc2nnc(C3CC3)n2Cc2ccccc2)nc2ccccc2c1C. The number of fused-ring (bicyclic) bond motifs is 1. The quantitative estimate of drug-likeness (QED) is 0.255. The zero-order valence-electron chi connectivity index (χ0n) is 18.8. The Hall–Kier alpha value is -3.19. The van der Waals surface area contributed by atoms with Gasteiger partial charge in [0.15, 0.2) is 5.16 Å². The molecule has 0 bridgehead atoms. The molecule has 2 heterocycles. The Morgan fingerprint density at radius 1 is 1.09 bits per heavy atom. The molecule has 5 rings (SSSR count). The van der Waals surface area contributed by atoms with Gasteiger partial charge in [-0.05, 0) is 43.9 Å². The lowest BCUT2D eigenvalue weighted by atomic mass is 10.0. The average Bonchev–Trinajstić information content (AvgIpc) is 3.60. The van der Waals surface area contributed by atoms with Gasteiger partial charge in [-0.3, -0.25) is 4.98 Å². The standard InChI is InChI=1S/C26H26N4O2S/c1-3-32-25(31)23-17(2)20-11-7-8-12-21(20)27-22(23)16-33-26-29-28-24(19-13-14-19)30(26)15-18-9-5-4-6-10-18/h4-12,19H,3,13-16H2,1-2H3. The molecule has 7 heteroatoms. The van der Waals surface area contributed by atoms with Crippen molar-refractivity contribution in [3.63, 3.8) is 0 Å². The molecule has 0 aliphatic heterocycles. The second-order valence-electron chi connectivity index (χ2n) is 8.27. The first-order valence-corrected chi connectivity index (χ1v) is 12.3. The minimum Gasteiger partial charge on any atom is -0.462 e. The number of benzene rings is 2. The highest BCUT2D eigenvalue weighted by Gasteiger charge is 2.30. The molecule has 0 radical (unpaired) electrons. The Morgan fingerprint density at radius 3 is 2.61 bits per heavy atom. The molecule has 33 heavy (non-hydrogen) atoms. The Kier molecular flexibility index (Phi) is 6.13. The molecule has 1 fully saturated rings. The lowest BCUT2D eigenvalue weighted by molar-refractivity contribution is 0.0524. The lowest BCUT2D eigenvalue weighted by Gasteiger charge is -2.14. The first-order valence-electron chi connectivity index (χ1n) is 11.3. The Morgan fingerprint density at radius 2 is 1.85 bits per heavy atom. The van der Waals surface area contributed by atoms with Crippen LogP contribution in [0, 0.1) is 6.92 Å². The van der Waals surface area contributed by atoms with Gasteiger partial charge in [0.25, 0.3) is 0 Å². The van der Waals surface area contributed by atoms with Gasteiger partial charge in [-0.1, -0.05) is 60.3 Å². The third-order valence-electron chi connectivity index (χ3n) is 5.92. The maximum absolute atomic E-state index is 12.8. The summed E-state index contributed by atoms with van der Waals surface area (Å²) in [6.07, 6.45) is 2.33. The van der Waals surface area contributed by atoms with Crippen LogP contribution in [0.1, 0.15) is 58.7 Å². The molecule has 0 unspecified atom stereocenters. The van der Waals surface area contributed by atoms with E-state index in [4.69, 9.17) is 9.72 Å². The number of carbonyl (C=O) groups excluding carboxylic acids is 1. The monoisotopic (exact) mass is 458 g/mol. The maximum atomic E-state index is 12.8. The number of rotatable bonds is 8. The third-order valence-corrected chi connectivity index (χ3v) is 6.89. The van der Waals surface area contributed by atoms with Gasteiger partial charge in [0.2, 0.25) is 0 Å². The summed E-state index contributed by atoms with van der Waals surface area (Å²) < 4.78 is 7.59. The summed E-state index contributed by atoms with van der Waals surface area (Å²) in [6, 6.07) is 18.3. The van der Waals surface area contributed by atoms with Crippen LogP contribution >= 0.6 is 11.8 Å². The van der Waals surface area contributed by atoms with Crippen LogP contribution in [0.5, 0.6) is 0 Å². The summed E-state index contributed by atoms with van der Waals surface area (Å²) in [6.45, 7) is 4.85. The van der Waals surface area contributed by atoms with Gasteiger partial charge in [-0.15, -0.1) is 10.2 Å². The molecule has 0 atom stereocenters. The van der Waals surface area contributed by atoms with Crippen molar-refractivity contribution in [3.05, 3.63) is 82.8 Å². The smallest absolute Gasteiger partial charge is 0.340 e. The number of para-hydroxylation sites is 1. The molecular weight excluding hydrogens is 432 g/mol. The van der Waals surface area contributed by atoms with Gasteiger partial charge in [-0.25, -0.2) is 4.79 Å². The summed E-state index contributed by atoms with van der Waals surface area (Å²) in [5.41, 5.74) is 4.27. The Labute approximate surface area is 197 Å². The van der Waals surface area contributed by atoms with E-state index < -0.39 is 0 Å². The molecule has 1 aliphatic carbocycles. The van der Waals surface area contributed by atoms with E-state index in [0.717, 1.165) is 52.5 Å². The molecule has 168 valence electrons.